The van der Waals surface area contributed by atoms with Crippen LogP contribution in [0.15, 0.2) is 89.6 Å². The Bertz CT molecular complexity index is 3000. The number of hydrogen-bond acceptors (Lipinski definition) is 16. The first-order valence-corrected chi connectivity index (χ1v) is 30.3. The summed E-state index contributed by atoms with van der Waals surface area (Å²) in [6.07, 6.45) is 4.08. The Morgan fingerprint density at radius 3 is 2.39 bits per heavy atom. The molecule has 4 aliphatic rings. The van der Waals surface area contributed by atoms with Gasteiger partial charge in [-0.3, -0.25) is 24.5 Å². The van der Waals surface area contributed by atoms with Gasteiger partial charge in [-0.25, -0.2) is 9.59 Å². The van der Waals surface area contributed by atoms with E-state index in [0.717, 1.165) is 47.7 Å². The number of aromatic hydroxyl groups is 1. The normalized spacial score (nSPS) is 25.3. The lowest BCUT2D eigenvalue weighted by Crippen LogP contribution is -2.63. The summed E-state index contributed by atoms with van der Waals surface area (Å²) in [5, 5.41) is 29.0. The predicted octanol–water partition coefficient (Wildman–Crippen LogP) is 9.40. The maximum atomic E-state index is 14.8. The Morgan fingerprint density at radius 2 is 1.71 bits per heavy atom. The Labute approximate surface area is 510 Å². The van der Waals surface area contributed by atoms with Gasteiger partial charge in [-0.05, 0) is 86.5 Å². The molecule has 8 atom stereocenters. The number of nitrogens with one attached hydrogen (secondary N) is 1. The van der Waals surface area contributed by atoms with Crippen LogP contribution >= 0.6 is 35.0 Å². The number of carbonyl (C=O) groups is 6. The largest absolute Gasteiger partial charge is 0.506 e. The average Bonchev–Trinajstić information content (AvgIpc) is 1.68. The molecule has 21 nitrogen and oxygen atoms in total. The molecule has 24 heteroatoms. The first-order chi connectivity index (χ1) is 40.5. The van der Waals surface area contributed by atoms with E-state index in [1.165, 1.54) is 44.0 Å². The highest BCUT2D eigenvalue weighted by Crippen LogP contribution is 2.49. The third-order valence-corrected chi connectivity index (χ3v) is 18.1. The van der Waals surface area contributed by atoms with E-state index in [9.17, 15) is 39.0 Å². The van der Waals surface area contributed by atoms with Crippen molar-refractivity contribution in [1.29, 1.82) is 0 Å². The molecule has 3 aromatic carbocycles. The van der Waals surface area contributed by atoms with Gasteiger partial charge in [0, 0.05) is 80.8 Å². The number of allylic oxidation sites excluding steroid dienone is 3. The lowest BCUT2D eigenvalue weighted by Gasteiger charge is -2.42. The topological polar surface area (TPSA) is 272 Å². The molecule has 3 heterocycles. The van der Waals surface area contributed by atoms with Crippen molar-refractivity contribution < 1.29 is 67.4 Å². The summed E-state index contributed by atoms with van der Waals surface area (Å²) in [6, 6.07) is 16.5. The first kappa shape index (κ1) is 66.3. The van der Waals surface area contributed by atoms with Crippen molar-refractivity contribution in [1.82, 2.24) is 15.1 Å². The number of rotatable bonds is 21. The molecular formula is C61H77Cl2N7O14S. The van der Waals surface area contributed by atoms with Crippen molar-refractivity contribution in [3.8, 4) is 5.75 Å². The Balaban J connectivity index is 0.998. The molecule has 85 heavy (non-hydrogen) atoms. The van der Waals surface area contributed by atoms with Crippen molar-refractivity contribution in [2.24, 2.45) is 11.0 Å². The molecular weight excluding hydrogens is 1160 g/mol. The minimum absolute atomic E-state index is 0.0163. The van der Waals surface area contributed by atoms with E-state index in [0.29, 0.717) is 48.6 Å². The van der Waals surface area contributed by atoms with Gasteiger partial charge in [-0.1, -0.05) is 126 Å². The van der Waals surface area contributed by atoms with Crippen LogP contribution in [0, 0.1) is 5.92 Å². The number of carbonyl (C=O) groups excluding carboxylic acids is 6. The summed E-state index contributed by atoms with van der Waals surface area (Å²) < 4.78 is 35.2. The van der Waals surface area contributed by atoms with Gasteiger partial charge < -0.3 is 53.3 Å². The smallest absolute Gasteiger partial charge is 0.409 e. The fraction of sp³-hybridized carbons (Fsp3) is 0.541. The number of methoxy groups -OCH3 is 1. The highest BCUT2D eigenvalue weighted by molar-refractivity contribution is 8.14. The maximum absolute atomic E-state index is 14.8. The number of halogens is 2. The average molecular weight is 1240 g/mol. The number of thioether (sulfide) groups is 1. The number of nitrogens with zero attached hydrogens (tertiary/aromatic N) is 6. The number of amides is 4. The molecule has 0 aromatic heterocycles. The second-order valence-corrected chi connectivity index (χ2v) is 24.2. The van der Waals surface area contributed by atoms with Crippen molar-refractivity contribution in [2.75, 3.05) is 71.4 Å². The van der Waals surface area contributed by atoms with E-state index >= 15 is 0 Å². The minimum atomic E-state index is -1.90. The predicted molar refractivity (Wildman–Crippen MR) is 321 cm³/mol. The van der Waals surface area contributed by atoms with Crippen molar-refractivity contribution in [3.05, 3.63) is 127 Å². The SMILES string of the molecule is CO[C@@H]1/C=C/C=C(\C)Cc2cc(O)c(Cl)c(c2)N(C)C(=O)C[C@H](OC(=O)[C@H](C)N(C)C(=O)CCSC(=O)c2ccc(CN(CCOCCOCCN=[N+]=[N-])C(=O)C3(c4ccc(Cl)cc4)CCCCC3)cc2)C2(C)O[C@H]2[C@H](C)[C@@H]2C[C@@]1(O)NC(=O)O2. The maximum Gasteiger partial charge on any atom is 0.409 e. The zero-order valence-corrected chi connectivity index (χ0v) is 51.5. The molecule has 1 saturated carbocycles. The van der Waals surface area contributed by atoms with Crippen LogP contribution in [-0.4, -0.2) is 163 Å². The third kappa shape index (κ3) is 16.7. The number of aliphatic hydroxyl groups is 1. The van der Waals surface area contributed by atoms with Gasteiger partial charge in [0.05, 0.1) is 50.1 Å². The molecule has 3 N–H and O–H groups in total. The van der Waals surface area contributed by atoms with Crippen LogP contribution in [0.25, 0.3) is 10.4 Å². The van der Waals surface area contributed by atoms with Crippen LogP contribution < -0.4 is 10.2 Å². The van der Waals surface area contributed by atoms with Gasteiger partial charge in [0.25, 0.3) is 0 Å². The quantitative estimate of drug-likeness (QED) is 0.0224. The number of benzene rings is 3. The highest BCUT2D eigenvalue weighted by atomic mass is 35.5. The van der Waals surface area contributed by atoms with Gasteiger partial charge in [0.15, 0.2) is 5.72 Å². The Hall–Kier alpha value is -6.20. The van der Waals surface area contributed by atoms with Gasteiger partial charge in [-0.2, -0.15) is 0 Å². The molecule has 4 amide bonds. The molecule has 2 saturated heterocycles. The number of hydrogen-bond donors (Lipinski definition) is 3. The van der Waals surface area contributed by atoms with Crippen LogP contribution in [0.5, 0.6) is 5.75 Å². The Morgan fingerprint density at radius 1 is 1.01 bits per heavy atom. The third-order valence-electron chi connectivity index (χ3n) is 16.5. The number of ether oxygens (including phenoxy) is 6. The van der Waals surface area contributed by atoms with E-state index in [1.807, 2.05) is 36.1 Å². The van der Waals surface area contributed by atoms with Gasteiger partial charge in [0.1, 0.15) is 40.7 Å². The first-order valence-electron chi connectivity index (χ1n) is 28.5. The summed E-state index contributed by atoms with van der Waals surface area (Å²) >= 11 is 13.8. The zero-order valence-electron chi connectivity index (χ0n) is 49.1. The van der Waals surface area contributed by atoms with Gasteiger partial charge in [-0.15, -0.1) is 0 Å². The van der Waals surface area contributed by atoms with Crippen LogP contribution in [0.4, 0.5) is 10.5 Å². The number of phenols is 1. The number of anilines is 1. The van der Waals surface area contributed by atoms with E-state index in [-0.39, 0.29) is 79.0 Å². The van der Waals surface area contributed by atoms with Crippen molar-refractivity contribution in [2.45, 2.75) is 139 Å². The lowest BCUT2D eigenvalue weighted by molar-refractivity contribution is -0.162. The molecule has 3 fully saturated rings. The molecule has 7 rings (SSSR count). The summed E-state index contributed by atoms with van der Waals surface area (Å²) in [4.78, 5) is 90.7. The Kier molecular flexibility index (Phi) is 23.4. The molecule has 3 aliphatic heterocycles. The number of phenolic OH excluding ortho intramolecular Hbond substituents is 1. The fourth-order valence-corrected chi connectivity index (χ4v) is 12.4. The molecule has 1 aliphatic carbocycles. The summed E-state index contributed by atoms with van der Waals surface area (Å²) in [5.41, 5.74) is 8.27. The standard InChI is InChI=1S/C61H77Cl2N7O14S/c1-38-12-11-13-49(79-7)61(78)36-48(82-58(77)66-61)39(2)54-59(4,84-54)50(35-52(73)69(6)46-33-42(32-38)34-47(71)53(46)63)83-55(74)40(3)68(5)51(72)22-31-85-56(75)43-16-14-41(15-17-43)37-70(26-28-81-30-29-80-27-25-65-67-64)57(76)60(23-9-8-10-24-60)44-18-20-45(62)21-19-44/h11-21,33-34,39-40,48-50,54,71,78H,8-10,22-32,35-37H2,1-7H3,(H,66,77)/b13-11+,38-12+/t39-,40+,48+,49-,50+,54+,59?,61+/m1/s1. The molecule has 0 spiro atoms. The van der Waals surface area contributed by atoms with Crippen molar-refractivity contribution in [3.63, 3.8) is 0 Å². The van der Waals surface area contributed by atoms with E-state index < -0.39 is 83.4 Å². The van der Waals surface area contributed by atoms with Crippen LogP contribution in [0.2, 0.25) is 10.0 Å². The number of alkyl carbamates (subject to hydrolysis) is 1. The van der Waals surface area contributed by atoms with Crippen LogP contribution in [-0.2, 0) is 66.0 Å². The van der Waals surface area contributed by atoms with E-state index in [2.05, 4.69) is 15.3 Å². The monoisotopic (exact) mass is 1230 g/mol. The second-order valence-electron chi connectivity index (χ2n) is 22.4. The van der Waals surface area contributed by atoms with E-state index in [1.54, 1.807) is 62.4 Å². The number of likely N-dealkylation sites (N-methyl/N-ethyl adjacent to an activating group) is 1. The number of epoxide rings is 1. The van der Waals surface area contributed by atoms with Gasteiger partial charge >= 0.3 is 12.1 Å². The second kappa shape index (κ2) is 29.9. The van der Waals surface area contributed by atoms with Gasteiger partial charge in [0.2, 0.25) is 22.8 Å². The summed E-state index contributed by atoms with van der Waals surface area (Å²) in [7, 11) is 4.32. The zero-order chi connectivity index (χ0) is 61.6. The molecule has 4 bridgehead atoms. The van der Waals surface area contributed by atoms with Crippen LogP contribution in [0.1, 0.15) is 106 Å². The van der Waals surface area contributed by atoms with E-state index in [4.69, 9.17) is 57.2 Å². The molecule has 0 radical (unpaired) electrons. The van der Waals surface area contributed by atoms with Crippen molar-refractivity contribution >= 4 is 75.6 Å². The molecule has 3 aromatic rings. The highest BCUT2D eigenvalue weighted by Gasteiger charge is 2.64. The molecule has 460 valence electrons. The fourth-order valence-electron chi connectivity index (χ4n) is 11.3. The lowest BCUT2D eigenvalue weighted by atomic mass is 9.68. The van der Waals surface area contributed by atoms with Crippen LogP contribution in [0.3, 0.4) is 0 Å². The number of esters is 1. The number of fused-ring (bicyclic) bond motifs is 5. The minimum Gasteiger partial charge on any atom is -0.506 e. The summed E-state index contributed by atoms with van der Waals surface area (Å²) in [6.45, 7) is 8.61. The summed E-state index contributed by atoms with van der Waals surface area (Å²) in [5.74, 6) is -2.67. The molecule has 1 unspecified atom stereocenters. The number of azide groups is 1.